The number of thiophene rings is 1. The third-order valence-corrected chi connectivity index (χ3v) is 6.17. The molecule has 0 aliphatic carbocycles. The van der Waals surface area contributed by atoms with Gasteiger partial charge in [-0.15, -0.1) is 11.3 Å². The molecule has 7 nitrogen and oxygen atoms in total. The summed E-state index contributed by atoms with van der Waals surface area (Å²) in [4.78, 5) is 31.5. The summed E-state index contributed by atoms with van der Waals surface area (Å²) in [5.41, 5.74) is 1.37. The van der Waals surface area contributed by atoms with Crippen LogP contribution in [0.5, 0.6) is 11.5 Å². The van der Waals surface area contributed by atoms with Crippen molar-refractivity contribution in [2.24, 2.45) is 0 Å². The number of hydrogen-bond donors (Lipinski definition) is 2. The third-order valence-electron chi connectivity index (χ3n) is 5.08. The number of pyridine rings is 1. The molecule has 0 unspecified atom stereocenters. The van der Waals surface area contributed by atoms with Crippen LogP contribution in [-0.4, -0.2) is 30.1 Å². The van der Waals surface area contributed by atoms with E-state index in [-0.39, 0.29) is 18.1 Å². The second kappa shape index (κ2) is 9.97. The number of carbonyl (C=O) groups is 1. The van der Waals surface area contributed by atoms with Gasteiger partial charge in [0.25, 0.3) is 5.56 Å². The Morgan fingerprint density at radius 3 is 2.55 bits per heavy atom. The molecule has 4 aromatic rings. The van der Waals surface area contributed by atoms with Gasteiger partial charge in [-0.05, 0) is 41.8 Å². The molecule has 170 valence electrons. The Morgan fingerprint density at radius 2 is 1.85 bits per heavy atom. The van der Waals surface area contributed by atoms with Gasteiger partial charge in [0.05, 0.1) is 32.8 Å². The molecule has 0 aliphatic heterocycles. The molecule has 0 atom stereocenters. The normalized spacial score (nSPS) is 10.8. The first-order valence-corrected chi connectivity index (χ1v) is 11.3. The second-order valence-electron chi connectivity index (χ2n) is 7.29. The van der Waals surface area contributed by atoms with Crippen molar-refractivity contribution in [2.75, 3.05) is 19.5 Å². The first-order chi connectivity index (χ1) is 16.0. The largest absolute Gasteiger partial charge is 0.493 e. The van der Waals surface area contributed by atoms with Crippen molar-refractivity contribution in [3.63, 3.8) is 0 Å². The van der Waals surface area contributed by atoms with Crippen LogP contribution in [0, 0.1) is 0 Å². The summed E-state index contributed by atoms with van der Waals surface area (Å²) in [6.45, 7) is 0.470. The third kappa shape index (κ3) is 5.30. The molecule has 9 heteroatoms. The molecule has 0 spiro atoms. The highest BCUT2D eigenvalue weighted by molar-refractivity contribution is 7.09. The quantitative estimate of drug-likeness (QED) is 0.364. The van der Waals surface area contributed by atoms with Crippen LogP contribution in [0.3, 0.4) is 0 Å². The topological polar surface area (TPSA) is 83.7 Å². The fourth-order valence-corrected chi connectivity index (χ4v) is 4.37. The van der Waals surface area contributed by atoms with Crippen molar-refractivity contribution >= 4 is 45.6 Å². The van der Waals surface area contributed by atoms with Gasteiger partial charge < -0.3 is 24.7 Å². The molecule has 2 aromatic carbocycles. The van der Waals surface area contributed by atoms with E-state index in [9.17, 15) is 9.59 Å². The van der Waals surface area contributed by atoms with Crippen LogP contribution < -0.4 is 20.3 Å². The number of ether oxygens (including phenoxy) is 2. The molecule has 2 N–H and O–H groups in total. The molecule has 0 radical (unpaired) electrons. The number of carbonyl (C=O) groups excluding carboxylic acids is 1. The Labute approximate surface area is 199 Å². The molecule has 33 heavy (non-hydrogen) atoms. The van der Waals surface area contributed by atoms with Crippen molar-refractivity contribution in [3.05, 3.63) is 85.8 Å². The highest BCUT2D eigenvalue weighted by Crippen LogP contribution is 2.31. The van der Waals surface area contributed by atoms with E-state index in [1.54, 1.807) is 65.8 Å². The van der Waals surface area contributed by atoms with Gasteiger partial charge in [-0.3, -0.25) is 4.79 Å². The molecule has 0 bridgehead atoms. The van der Waals surface area contributed by atoms with Crippen molar-refractivity contribution in [1.29, 1.82) is 0 Å². The SMILES string of the molecule is COc1cc2cc(CN(Cc3cccs3)C(=O)Nc3cccc(Cl)c3)c(=O)[nH]c2cc1OC. The zero-order valence-electron chi connectivity index (χ0n) is 18.1. The van der Waals surface area contributed by atoms with Crippen LogP contribution >= 0.6 is 22.9 Å². The Balaban J connectivity index is 1.66. The van der Waals surface area contributed by atoms with Crippen molar-refractivity contribution in [3.8, 4) is 11.5 Å². The molecule has 0 saturated heterocycles. The number of urea groups is 1. The Kier molecular flexibility index (Phi) is 6.86. The maximum absolute atomic E-state index is 13.1. The van der Waals surface area contributed by atoms with Crippen LogP contribution in [0.25, 0.3) is 10.9 Å². The fourth-order valence-electron chi connectivity index (χ4n) is 3.46. The summed E-state index contributed by atoms with van der Waals surface area (Å²) < 4.78 is 10.7. The highest BCUT2D eigenvalue weighted by atomic mass is 35.5. The smallest absolute Gasteiger partial charge is 0.322 e. The van der Waals surface area contributed by atoms with Crippen molar-refractivity contribution in [2.45, 2.75) is 13.1 Å². The summed E-state index contributed by atoms with van der Waals surface area (Å²) in [5.74, 6) is 1.07. The molecule has 0 aliphatic rings. The fraction of sp³-hybridized carbons (Fsp3) is 0.167. The summed E-state index contributed by atoms with van der Waals surface area (Å²) in [5, 5.41) is 6.11. The van der Waals surface area contributed by atoms with E-state index in [4.69, 9.17) is 21.1 Å². The maximum atomic E-state index is 13.1. The number of methoxy groups -OCH3 is 2. The van der Waals surface area contributed by atoms with E-state index >= 15 is 0 Å². The van der Waals surface area contributed by atoms with Gasteiger partial charge in [-0.25, -0.2) is 4.79 Å². The molecule has 2 heterocycles. The lowest BCUT2D eigenvalue weighted by molar-refractivity contribution is 0.207. The van der Waals surface area contributed by atoms with E-state index in [2.05, 4.69) is 10.3 Å². The van der Waals surface area contributed by atoms with Gasteiger partial charge in [0.1, 0.15) is 0 Å². The molecule has 2 aromatic heterocycles. The van der Waals surface area contributed by atoms with E-state index in [1.165, 1.54) is 7.11 Å². The number of amides is 2. The van der Waals surface area contributed by atoms with E-state index in [0.29, 0.717) is 39.8 Å². The van der Waals surface area contributed by atoms with Crippen molar-refractivity contribution < 1.29 is 14.3 Å². The number of H-pyrrole nitrogens is 1. The van der Waals surface area contributed by atoms with Gasteiger partial charge in [0.15, 0.2) is 11.5 Å². The molecular weight excluding hydrogens is 462 g/mol. The first-order valence-electron chi connectivity index (χ1n) is 10.1. The average molecular weight is 484 g/mol. The zero-order chi connectivity index (χ0) is 23.4. The molecule has 0 fully saturated rings. The first kappa shape index (κ1) is 22.7. The highest BCUT2D eigenvalue weighted by Gasteiger charge is 2.18. The average Bonchev–Trinajstić information content (AvgIpc) is 3.31. The summed E-state index contributed by atoms with van der Waals surface area (Å²) in [6, 6.07) is 15.7. The number of rotatable bonds is 7. The minimum atomic E-state index is -0.336. The van der Waals surface area contributed by atoms with Crippen molar-refractivity contribution in [1.82, 2.24) is 9.88 Å². The lowest BCUT2D eigenvalue weighted by Gasteiger charge is -2.23. The Bertz CT molecular complexity index is 1340. The Morgan fingerprint density at radius 1 is 1.06 bits per heavy atom. The van der Waals surface area contributed by atoms with Gasteiger partial charge in [0.2, 0.25) is 0 Å². The van der Waals surface area contributed by atoms with Crippen LogP contribution in [-0.2, 0) is 13.1 Å². The van der Waals surface area contributed by atoms with Gasteiger partial charge in [0, 0.05) is 32.6 Å². The number of fused-ring (bicyclic) bond motifs is 1. The van der Waals surface area contributed by atoms with E-state index in [0.717, 1.165) is 10.3 Å². The lowest BCUT2D eigenvalue weighted by atomic mass is 10.1. The number of benzene rings is 2. The number of hydrogen-bond acceptors (Lipinski definition) is 5. The van der Waals surface area contributed by atoms with Crippen LogP contribution in [0.4, 0.5) is 10.5 Å². The predicted molar refractivity (Wildman–Crippen MR) is 132 cm³/mol. The van der Waals surface area contributed by atoms with Gasteiger partial charge >= 0.3 is 6.03 Å². The maximum Gasteiger partial charge on any atom is 0.322 e. The van der Waals surface area contributed by atoms with E-state index in [1.807, 2.05) is 17.5 Å². The summed E-state index contributed by atoms with van der Waals surface area (Å²) >= 11 is 7.59. The number of anilines is 1. The van der Waals surface area contributed by atoms with Gasteiger partial charge in [-0.1, -0.05) is 23.7 Å². The molecule has 4 rings (SSSR count). The number of aromatic nitrogens is 1. The summed E-state index contributed by atoms with van der Waals surface area (Å²) in [6.07, 6.45) is 0. The molecular formula is C24H22ClN3O4S. The monoisotopic (exact) mass is 483 g/mol. The minimum Gasteiger partial charge on any atom is -0.493 e. The lowest BCUT2D eigenvalue weighted by Crippen LogP contribution is -2.35. The number of halogens is 1. The zero-order valence-corrected chi connectivity index (χ0v) is 19.6. The minimum absolute atomic E-state index is 0.115. The van der Waals surface area contributed by atoms with Crippen LogP contribution in [0.15, 0.2) is 64.8 Å². The van der Waals surface area contributed by atoms with Crippen LogP contribution in [0.2, 0.25) is 5.02 Å². The number of nitrogens with one attached hydrogen (secondary N) is 2. The summed E-state index contributed by atoms with van der Waals surface area (Å²) in [7, 11) is 3.09. The molecule has 2 amide bonds. The number of nitrogens with zero attached hydrogens (tertiary/aromatic N) is 1. The standard InChI is InChI=1S/C24H22ClN3O4S/c1-31-21-10-15-9-16(23(29)27-20(15)12-22(21)32-2)13-28(14-19-7-4-8-33-19)24(30)26-18-6-3-5-17(25)11-18/h3-12H,13-14H2,1-2H3,(H,26,30)(H,27,29). The molecule has 0 saturated carbocycles. The van der Waals surface area contributed by atoms with Gasteiger partial charge in [-0.2, -0.15) is 0 Å². The predicted octanol–water partition coefficient (Wildman–Crippen LogP) is 5.49. The Hall–Kier alpha value is -3.49. The van der Waals surface area contributed by atoms with E-state index < -0.39 is 0 Å². The number of aromatic amines is 1. The second-order valence-corrected chi connectivity index (χ2v) is 8.76. The van der Waals surface area contributed by atoms with Crippen LogP contribution in [0.1, 0.15) is 10.4 Å².